The maximum Gasteiger partial charge on any atom is 0.250 e. The van der Waals surface area contributed by atoms with E-state index in [1.54, 1.807) is 13.2 Å². The number of anilines is 1. The minimum absolute atomic E-state index is 0.227. The first-order valence-corrected chi connectivity index (χ1v) is 12.2. The first-order valence-electron chi connectivity index (χ1n) is 11.3. The summed E-state index contributed by atoms with van der Waals surface area (Å²) in [5.41, 5.74) is 4.00. The number of aryl methyl sites for hydroxylation is 2. The number of ether oxygens (including phenoxy) is 2. The Morgan fingerprint density at radius 1 is 1.06 bits per heavy atom. The van der Waals surface area contributed by atoms with Crippen molar-refractivity contribution in [3.05, 3.63) is 64.5 Å². The third-order valence-electron chi connectivity index (χ3n) is 5.22. The SMILES string of the molecule is CCCCCCOc1ccc(C=CC(=O)Nc2nc(-c3ccc(C)cc3)c(C)s2)cc1OC. The quantitative estimate of drug-likeness (QED) is 0.244. The topological polar surface area (TPSA) is 60.5 Å². The molecule has 0 saturated heterocycles. The molecule has 0 fully saturated rings. The highest BCUT2D eigenvalue weighted by molar-refractivity contribution is 7.16. The average Bonchev–Trinajstić information content (AvgIpc) is 3.18. The Hall–Kier alpha value is -3.12. The smallest absolute Gasteiger partial charge is 0.250 e. The maximum atomic E-state index is 12.4. The van der Waals surface area contributed by atoms with Crippen molar-refractivity contribution in [2.24, 2.45) is 0 Å². The van der Waals surface area contributed by atoms with Crippen molar-refractivity contribution in [2.75, 3.05) is 19.0 Å². The molecule has 0 aliphatic carbocycles. The van der Waals surface area contributed by atoms with Crippen LogP contribution in [0.5, 0.6) is 11.5 Å². The molecule has 0 bridgehead atoms. The van der Waals surface area contributed by atoms with Gasteiger partial charge in [-0.05, 0) is 44.0 Å². The summed E-state index contributed by atoms with van der Waals surface area (Å²) in [6, 6.07) is 13.9. The van der Waals surface area contributed by atoms with Crippen molar-refractivity contribution in [1.82, 2.24) is 4.98 Å². The van der Waals surface area contributed by atoms with Crippen LogP contribution < -0.4 is 14.8 Å². The van der Waals surface area contributed by atoms with Gasteiger partial charge in [-0.15, -0.1) is 11.3 Å². The number of aromatic nitrogens is 1. The highest BCUT2D eigenvalue weighted by Crippen LogP contribution is 2.31. The zero-order valence-corrected chi connectivity index (χ0v) is 20.6. The number of benzene rings is 2. The first-order chi connectivity index (χ1) is 16.0. The van der Waals surface area contributed by atoms with Gasteiger partial charge in [-0.25, -0.2) is 4.98 Å². The molecule has 0 saturated carbocycles. The zero-order chi connectivity index (χ0) is 23.6. The number of amides is 1. The lowest BCUT2D eigenvalue weighted by atomic mass is 10.1. The van der Waals surface area contributed by atoms with Crippen LogP contribution in [0.3, 0.4) is 0 Å². The van der Waals surface area contributed by atoms with E-state index >= 15 is 0 Å². The Morgan fingerprint density at radius 3 is 2.58 bits per heavy atom. The molecule has 0 spiro atoms. The number of methoxy groups -OCH3 is 1. The van der Waals surface area contributed by atoms with Crippen molar-refractivity contribution < 1.29 is 14.3 Å². The van der Waals surface area contributed by atoms with Crippen molar-refractivity contribution in [2.45, 2.75) is 46.5 Å². The van der Waals surface area contributed by atoms with Gasteiger partial charge in [-0.1, -0.05) is 62.1 Å². The molecule has 2 aromatic carbocycles. The van der Waals surface area contributed by atoms with Crippen LogP contribution in [0.4, 0.5) is 5.13 Å². The Bertz CT molecular complexity index is 1090. The molecule has 1 amide bonds. The second kappa shape index (κ2) is 12.2. The van der Waals surface area contributed by atoms with Crippen LogP contribution in [0, 0.1) is 13.8 Å². The molecule has 174 valence electrons. The summed E-state index contributed by atoms with van der Waals surface area (Å²) in [6.45, 7) is 6.93. The fraction of sp³-hybridized carbons (Fsp3) is 0.333. The highest BCUT2D eigenvalue weighted by atomic mass is 32.1. The van der Waals surface area contributed by atoms with E-state index in [0.717, 1.165) is 33.9 Å². The minimum atomic E-state index is -0.227. The third-order valence-corrected chi connectivity index (χ3v) is 6.11. The molecule has 0 radical (unpaired) electrons. The predicted molar refractivity (Wildman–Crippen MR) is 137 cm³/mol. The van der Waals surface area contributed by atoms with Gasteiger partial charge in [0.1, 0.15) is 0 Å². The molecule has 6 heteroatoms. The van der Waals surface area contributed by atoms with Gasteiger partial charge >= 0.3 is 0 Å². The molecule has 0 unspecified atom stereocenters. The summed E-state index contributed by atoms with van der Waals surface area (Å²) >= 11 is 1.47. The summed E-state index contributed by atoms with van der Waals surface area (Å²) in [7, 11) is 1.62. The van der Waals surface area contributed by atoms with Crippen LogP contribution in [0.15, 0.2) is 48.5 Å². The lowest BCUT2D eigenvalue weighted by Gasteiger charge is -2.11. The van der Waals surface area contributed by atoms with Gasteiger partial charge in [0.15, 0.2) is 16.6 Å². The number of unbranched alkanes of at least 4 members (excludes halogenated alkanes) is 3. The molecule has 0 aliphatic heterocycles. The van der Waals surface area contributed by atoms with Gasteiger partial charge in [0.05, 0.1) is 19.4 Å². The molecule has 1 heterocycles. The number of nitrogens with zero attached hydrogens (tertiary/aromatic N) is 1. The van der Waals surface area contributed by atoms with Gasteiger partial charge in [-0.2, -0.15) is 0 Å². The Morgan fingerprint density at radius 2 is 1.85 bits per heavy atom. The summed E-state index contributed by atoms with van der Waals surface area (Å²) in [4.78, 5) is 18.1. The average molecular weight is 465 g/mol. The largest absolute Gasteiger partial charge is 0.493 e. The maximum absolute atomic E-state index is 12.4. The van der Waals surface area contributed by atoms with Crippen molar-refractivity contribution in [3.8, 4) is 22.8 Å². The Balaban J connectivity index is 1.60. The number of hydrogen-bond donors (Lipinski definition) is 1. The molecule has 3 rings (SSSR count). The van der Waals surface area contributed by atoms with Crippen molar-refractivity contribution in [1.29, 1.82) is 0 Å². The van der Waals surface area contributed by atoms with Gasteiger partial charge < -0.3 is 9.47 Å². The molecule has 0 aliphatic rings. The Kier molecular flexibility index (Phi) is 9.07. The lowest BCUT2D eigenvalue weighted by Crippen LogP contribution is -2.07. The first kappa shape index (κ1) is 24.5. The predicted octanol–water partition coefficient (Wildman–Crippen LogP) is 7.05. The summed E-state index contributed by atoms with van der Waals surface area (Å²) in [5, 5.41) is 3.45. The van der Waals surface area contributed by atoms with Crippen molar-refractivity contribution in [3.63, 3.8) is 0 Å². The van der Waals surface area contributed by atoms with Crippen LogP contribution >= 0.6 is 11.3 Å². The number of nitrogens with one attached hydrogen (secondary N) is 1. The molecule has 1 N–H and O–H groups in total. The summed E-state index contributed by atoms with van der Waals surface area (Å²) in [5.74, 6) is 1.15. The summed E-state index contributed by atoms with van der Waals surface area (Å²) < 4.78 is 11.3. The van der Waals surface area contributed by atoms with Gasteiger partial charge in [-0.3, -0.25) is 10.1 Å². The fourth-order valence-corrected chi connectivity index (χ4v) is 4.20. The minimum Gasteiger partial charge on any atom is -0.493 e. The van der Waals surface area contributed by atoms with Gasteiger partial charge in [0, 0.05) is 16.5 Å². The van der Waals surface area contributed by atoms with Crippen LogP contribution in [0.2, 0.25) is 0 Å². The van der Waals surface area contributed by atoms with E-state index in [1.807, 2.05) is 25.1 Å². The van der Waals surface area contributed by atoms with Crippen LogP contribution in [-0.2, 0) is 4.79 Å². The van der Waals surface area contributed by atoms with E-state index in [2.05, 4.69) is 48.4 Å². The Labute approximate surface area is 200 Å². The molecule has 5 nitrogen and oxygen atoms in total. The lowest BCUT2D eigenvalue weighted by molar-refractivity contribution is -0.111. The van der Waals surface area contributed by atoms with Crippen molar-refractivity contribution >= 4 is 28.5 Å². The van der Waals surface area contributed by atoms with E-state index < -0.39 is 0 Å². The highest BCUT2D eigenvalue weighted by Gasteiger charge is 2.11. The number of carbonyl (C=O) groups excluding carboxylic acids is 1. The molecule has 1 aromatic heterocycles. The second-order valence-electron chi connectivity index (χ2n) is 7.93. The second-order valence-corrected chi connectivity index (χ2v) is 9.14. The fourth-order valence-electron chi connectivity index (χ4n) is 3.37. The van der Waals surface area contributed by atoms with E-state index in [1.165, 1.54) is 42.2 Å². The third kappa shape index (κ3) is 7.19. The normalized spacial score (nSPS) is 11.0. The number of thiazole rings is 1. The summed E-state index contributed by atoms with van der Waals surface area (Å²) in [6.07, 6.45) is 7.88. The molecule has 3 aromatic rings. The number of carbonyl (C=O) groups is 1. The van der Waals surface area contributed by atoms with Gasteiger partial charge in [0.2, 0.25) is 5.91 Å². The van der Waals surface area contributed by atoms with Crippen LogP contribution in [0.25, 0.3) is 17.3 Å². The van der Waals surface area contributed by atoms with Gasteiger partial charge in [0.25, 0.3) is 0 Å². The standard InChI is InChI=1S/C27H32N2O3S/c1-5-6-7-8-17-32-23-15-11-21(18-24(23)31-4)12-16-25(30)28-27-29-26(20(3)33-27)22-13-9-19(2)10-14-22/h9-16,18H,5-8,17H2,1-4H3,(H,28,29,30). The molecular weight excluding hydrogens is 432 g/mol. The molecule has 33 heavy (non-hydrogen) atoms. The number of rotatable bonds is 11. The zero-order valence-electron chi connectivity index (χ0n) is 19.8. The molecule has 0 atom stereocenters. The van der Waals surface area contributed by atoms with E-state index in [-0.39, 0.29) is 5.91 Å². The molecular formula is C27H32N2O3S. The van der Waals surface area contributed by atoms with E-state index in [0.29, 0.717) is 17.5 Å². The van der Waals surface area contributed by atoms with Crippen LogP contribution in [0.1, 0.15) is 48.6 Å². The number of hydrogen-bond acceptors (Lipinski definition) is 5. The van der Waals surface area contributed by atoms with E-state index in [9.17, 15) is 4.79 Å². The van der Waals surface area contributed by atoms with Crippen LogP contribution in [-0.4, -0.2) is 24.6 Å². The monoisotopic (exact) mass is 464 g/mol. The van der Waals surface area contributed by atoms with E-state index in [4.69, 9.17) is 9.47 Å².